The van der Waals surface area contributed by atoms with E-state index in [-0.39, 0.29) is 13.2 Å². The predicted molar refractivity (Wildman–Crippen MR) is 41.3 cm³/mol. The number of unbranched alkanes of at least 4 members (excludes halogenated alkanes) is 1. The summed E-state index contributed by atoms with van der Waals surface area (Å²) >= 11 is 0. The molecular formula is C7H16O5. The largest absolute Gasteiger partial charge is 0.396 e. The first kappa shape index (κ1) is 11.8. The van der Waals surface area contributed by atoms with Gasteiger partial charge in [-0.05, 0) is 12.8 Å². The van der Waals surface area contributed by atoms with Crippen LogP contribution in [0, 0.1) is 0 Å². The van der Waals surface area contributed by atoms with Crippen molar-refractivity contribution in [1.82, 2.24) is 0 Å². The highest BCUT2D eigenvalue weighted by Crippen LogP contribution is 1.87. The van der Waals surface area contributed by atoms with Crippen LogP contribution in [0.25, 0.3) is 0 Å². The van der Waals surface area contributed by atoms with Crippen LogP contribution in [0.2, 0.25) is 0 Å². The van der Waals surface area contributed by atoms with Crippen LogP contribution in [0.5, 0.6) is 0 Å². The molecular weight excluding hydrogens is 164 g/mol. The average molecular weight is 180 g/mol. The van der Waals surface area contributed by atoms with Gasteiger partial charge in [0, 0.05) is 13.2 Å². The highest BCUT2D eigenvalue weighted by molar-refractivity contribution is 4.30. The molecule has 0 unspecified atom stereocenters. The third-order valence-electron chi connectivity index (χ3n) is 1.07. The van der Waals surface area contributed by atoms with E-state index in [1.807, 2.05) is 0 Å². The second kappa shape index (κ2) is 10.8. The molecule has 0 aromatic rings. The highest BCUT2D eigenvalue weighted by Gasteiger charge is 1.93. The van der Waals surface area contributed by atoms with Crippen molar-refractivity contribution in [2.45, 2.75) is 12.8 Å². The third-order valence-corrected chi connectivity index (χ3v) is 1.07. The summed E-state index contributed by atoms with van der Waals surface area (Å²) in [7, 11) is 0. The number of hydrogen-bond donors (Lipinski definition) is 2. The van der Waals surface area contributed by atoms with Crippen molar-refractivity contribution < 1.29 is 24.4 Å². The minimum atomic E-state index is 0.195. The molecule has 1 saturated heterocycles. The van der Waals surface area contributed by atoms with Gasteiger partial charge in [0.25, 0.3) is 0 Å². The van der Waals surface area contributed by atoms with Gasteiger partial charge in [0.2, 0.25) is 0 Å². The summed E-state index contributed by atoms with van der Waals surface area (Å²) < 4.78 is 13.9. The van der Waals surface area contributed by atoms with Gasteiger partial charge >= 0.3 is 0 Å². The van der Waals surface area contributed by atoms with Crippen molar-refractivity contribution in [3.05, 3.63) is 0 Å². The van der Waals surface area contributed by atoms with Gasteiger partial charge in [0.15, 0.2) is 20.4 Å². The molecule has 0 aliphatic carbocycles. The molecule has 5 nitrogen and oxygen atoms in total. The molecule has 1 heterocycles. The lowest BCUT2D eigenvalue weighted by Crippen LogP contribution is -2.14. The smallest absolute Gasteiger partial charge is 0.152 e. The summed E-state index contributed by atoms with van der Waals surface area (Å²) in [5.74, 6) is 0. The number of aliphatic hydroxyl groups is 2. The summed E-state index contributed by atoms with van der Waals surface area (Å²) in [6.45, 7) is 1.52. The van der Waals surface area contributed by atoms with Crippen molar-refractivity contribution in [3.8, 4) is 0 Å². The standard InChI is InChI=1S/C4H10O2.C3H6O3/c5-3-1-2-4-6;1-4-2-6-3-5-1/h5-6H,1-4H2;1-3H2. The fourth-order valence-corrected chi connectivity index (χ4v) is 0.502. The predicted octanol–water partition coefficient (Wildman–Crippen LogP) is -0.327. The van der Waals surface area contributed by atoms with Crippen LogP contribution in [0.1, 0.15) is 12.8 Å². The van der Waals surface area contributed by atoms with Crippen molar-refractivity contribution in [1.29, 1.82) is 0 Å². The molecule has 0 bridgehead atoms. The molecule has 0 aromatic heterocycles. The molecule has 0 amide bonds. The fraction of sp³-hybridized carbons (Fsp3) is 1.00. The van der Waals surface area contributed by atoms with E-state index in [0.717, 1.165) is 12.8 Å². The Morgan fingerprint density at radius 3 is 1.25 bits per heavy atom. The lowest BCUT2D eigenvalue weighted by molar-refractivity contribution is -0.247. The lowest BCUT2D eigenvalue weighted by Gasteiger charge is -2.10. The van der Waals surface area contributed by atoms with Crippen molar-refractivity contribution in [3.63, 3.8) is 0 Å². The molecule has 1 aliphatic rings. The quantitative estimate of drug-likeness (QED) is 0.582. The maximum Gasteiger partial charge on any atom is 0.152 e. The van der Waals surface area contributed by atoms with Gasteiger partial charge in [0.1, 0.15) is 0 Å². The monoisotopic (exact) mass is 180 g/mol. The van der Waals surface area contributed by atoms with E-state index >= 15 is 0 Å². The second-order valence-electron chi connectivity index (χ2n) is 2.12. The fourth-order valence-electron chi connectivity index (χ4n) is 0.502. The van der Waals surface area contributed by atoms with E-state index in [2.05, 4.69) is 14.2 Å². The van der Waals surface area contributed by atoms with Crippen LogP contribution >= 0.6 is 0 Å². The first-order chi connectivity index (χ1) is 5.91. The Hall–Kier alpha value is -0.200. The molecule has 0 saturated carbocycles. The lowest BCUT2D eigenvalue weighted by atomic mass is 10.3. The second-order valence-corrected chi connectivity index (χ2v) is 2.12. The van der Waals surface area contributed by atoms with Crippen LogP contribution in [0.15, 0.2) is 0 Å². The van der Waals surface area contributed by atoms with Gasteiger partial charge in [-0.25, -0.2) is 0 Å². The van der Waals surface area contributed by atoms with Crippen LogP contribution in [-0.2, 0) is 14.2 Å². The van der Waals surface area contributed by atoms with Crippen LogP contribution in [0.3, 0.4) is 0 Å². The molecule has 1 rings (SSSR count). The van der Waals surface area contributed by atoms with E-state index in [4.69, 9.17) is 10.2 Å². The minimum Gasteiger partial charge on any atom is -0.396 e. The minimum absolute atomic E-state index is 0.195. The van der Waals surface area contributed by atoms with Crippen LogP contribution in [-0.4, -0.2) is 43.8 Å². The number of ether oxygens (including phenoxy) is 3. The first-order valence-corrected chi connectivity index (χ1v) is 3.86. The molecule has 0 aromatic carbocycles. The number of rotatable bonds is 3. The van der Waals surface area contributed by atoms with E-state index in [1.165, 1.54) is 0 Å². The molecule has 0 spiro atoms. The molecule has 1 fully saturated rings. The molecule has 0 radical (unpaired) electrons. The van der Waals surface area contributed by atoms with Gasteiger partial charge in [-0.2, -0.15) is 0 Å². The van der Waals surface area contributed by atoms with Crippen molar-refractivity contribution >= 4 is 0 Å². The molecule has 74 valence electrons. The highest BCUT2D eigenvalue weighted by atomic mass is 16.8. The Morgan fingerprint density at radius 1 is 0.750 bits per heavy atom. The van der Waals surface area contributed by atoms with Crippen LogP contribution in [0.4, 0.5) is 0 Å². The Kier molecular flexibility index (Phi) is 10.6. The molecule has 5 heteroatoms. The Bertz CT molecular complexity index is 58.7. The summed E-state index contributed by atoms with van der Waals surface area (Å²) in [5, 5.41) is 16.2. The average Bonchev–Trinajstić information content (AvgIpc) is 2.18. The molecule has 12 heavy (non-hydrogen) atoms. The number of hydrogen-bond acceptors (Lipinski definition) is 5. The summed E-state index contributed by atoms with van der Waals surface area (Å²) in [4.78, 5) is 0. The molecule has 0 atom stereocenters. The van der Waals surface area contributed by atoms with Crippen molar-refractivity contribution in [2.75, 3.05) is 33.6 Å². The van der Waals surface area contributed by atoms with Gasteiger partial charge in [-0.1, -0.05) is 0 Å². The van der Waals surface area contributed by atoms with E-state index in [0.29, 0.717) is 20.4 Å². The maximum absolute atomic E-state index is 8.09. The zero-order chi connectivity index (χ0) is 9.07. The molecule has 1 aliphatic heterocycles. The van der Waals surface area contributed by atoms with E-state index in [9.17, 15) is 0 Å². The molecule has 2 N–H and O–H groups in total. The van der Waals surface area contributed by atoms with Gasteiger partial charge in [-0.15, -0.1) is 0 Å². The Balaban J connectivity index is 0.000000202. The van der Waals surface area contributed by atoms with Crippen LogP contribution < -0.4 is 0 Å². The van der Waals surface area contributed by atoms with Crippen molar-refractivity contribution in [2.24, 2.45) is 0 Å². The van der Waals surface area contributed by atoms with E-state index < -0.39 is 0 Å². The Labute approximate surface area is 71.9 Å². The summed E-state index contributed by atoms with van der Waals surface area (Å²) in [5.41, 5.74) is 0. The number of aliphatic hydroxyl groups excluding tert-OH is 2. The summed E-state index contributed by atoms with van der Waals surface area (Å²) in [6.07, 6.45) is 1.44. The van der Waals surface area contributed by atoms with Gasteiger partial charge in [0.05, 0.1) is 0 Å². The maximum atomic E-state index is 8.09. The normalized spacial score (nSPS) is 16.5. The van der Waals surface area contributed by atoms with E-state index in [1.54, 1.807) is 0 Å². The third kappa shape index (κ3) is 9.80. The zero-order valence-electron chi connectivity index (χ0n) is 7.07. The Morgan fingerprint density at radius 2 is 1.08 bits per heavy atom. The zero-order valence-corrected chi connectivity index (χ0v) is 7.07. The van der Waals surface area contributed by atoms with Gasteiger partial charge < -0.3 is 24.4 Å². The SMILES string of the molecule is C1OCOCO1.OCCCCO. The first-order valence-electron chi connectivity index (χ1n) is 3.86. The summed E-state index contributed by atoms with van der Waals surface area (Å²) in [6, 6.07) is 0. The topological polar surface area (TPSA) is 68.2 Å². The van der Waals surface area contributed by atoms with Gasteiger partial charge in [-0.3, -0.25) is 0 Å².